The second-order valence-electron chi connectivity index (χ2n) is 7.20. The lowest BCUT2D eigenvalue weighted by molar-refractivity contribution is 0.133. The van der Waals surface area contributed by atoms with Gasteiger partial charge in [-0.3, -0.25) is 9.58 Å². The zero-order valence-electron chi connectivity index (χ0n) is 16.0. The molecule has 2 aromatic heterocycles. The molecule has 0 aliphatic carbocycles. The van der Waals surface area contributed by atoms with Crippen molar-refractivity contribution in [1.82, 2.24) is 29.1 Å². The molecule has 0 saturated heterocycles. The maximum Gasteiger partial charge on any atom is 0.110 e. The standard InChI is InChI=1S/C18H30N6O2/c1-21(2)13-18(25)17-9-15-11-22(5-4-6-24(15)20-17)12-16-10-19-14-23(16)7-8-26-3/h9-10,14,18,25H,4-8,11-13H2,1-3H3. The minimum Gasteiger partial charge on any atom is -0.385 e. The molecule has 0 spiro atoms. The molecule has 1 N–H and O–H groups in total. The fourth-order valence-electron chi connectivity index (χ4n) is 3.39. The van der Waals surface area contributed by atoms with Crippen molar-refractivity contribution >= 4 is 0 Å². The van der Waals surface area contributed by atoms with Crippen molar-refractivity contribution in [2.24, 2.45) is 0 Å². The van der Waals surface area contributed by atoms with Crippen LogP contribution < -0.4 is 0 Å². The first kappa shape index (κ1) is 19.0. The van der Waals surface area contributed by atoms with Crippen LogP contribution in [0.2, 0.25) is 0 Å². The van der Waals surface area contributed by atoms with Gasteiger partial charge in [-0.25, -0.2) is 4.98 Å². The van der Waals surface area contributed by atoms with Crippen LogP contribution in [0, 0.1) is 0 Å². The van der Waals surface area contributed by atoms with E-state index >= 15 is 0 Å². The molecular weight excluding hydrogens is 332 g/mol. The number of fused-ring (bicyclic) bond motifs is 1. The third-order valence-electron chi connectivity index (χ3n) is 4.71. The highest BCUT2D eigenvalue weighted by Gasteiger charge is 2.21. The predicted molar refractivity (Wildman–Crippen MR) is 98.6 cm³/mol. The first-order valence-corrected chi connectivity index (χ1v) is 9.16. The average molecular weight is 362 g/mol. The molecule has 8 nitrogen and oxygen atoms in total. The molecule has 0 aromatic carbocycles. The first-order chi connectivity index (χ1) is 12.6. The third-order valence-corrected chi connectivity index (χ3v) is 4.71. The highest BCUT2D eigenvalue weighted by molar-refractivity contribution is 5.14. The van der Waals surface area contributed by atoms with Crippen LogP contribution in [-0.4, -0.2) is 75.1 Å². The Labute approximate surface area is 155 Å². The van der Waals surface area contributed by atoms with Gasteiger partial charge in [0.2, 0.25) is 0 Å². The van der Waals surface area contributed by atoms with E-state index < -0.39 is 6.10 Å². The van der Waals surface area contributed by atoms with Crippen LogP contribution in [-0.2, 0) is 30.9 Å². The number of likely N-dealkylation sites (N-methyl/N-ethyl adjacent to an activating group) is 1. The van der Waals surface area contributed by atoms with Gasteiger partial charge in [0.25, 0.3) is 0 Å². The Morgan fingerprint density at radius 3 is 2.96 bits per heavy atom. The second-order valence-corrected chi connectivity index (χ2v) is 7.20. The summed E-state index contributed by atoms with van der Waals surface area (Å²) in [5.41, 5.74) is 3.13. The van der Waals surface area contributed by atoms with E-state index in [4.69, 9.17) is 4.74 Å². The first-order valence-electron chi connectivity index (χ1n) is 9.16. The summed E-state index contributed by atoms with van der Waals surface area (Å²) in [7, 11) is 5.63. The number of nitrogens with zero attached hydrogens (tertiary/aromatic N) is 6. The number of rotatable bonds is 8. The van der Waals surface area contributed by atoms with Crippen molar-refractivity contribution in [3.63, 3.8) is 0 Å². The number of methoxy groups -OCH3 is 1. The molecule has 1 unspecified atom stereocenters. The van der Waals surface area contributed by atoms with E-state index in [1.54, 1.807) is 7.11 Å². The van der Waals surface area contributed by atoms with Gasteiger partial charge in [-0.2, -0.15) is 5.10 Å². The van der Waals surface area contributed by atoms with Crippen molar-refractivity contribution in [2.75, 3.05) is 40.9 Å². The number of ether oxygens (including phenoxy) is 1. The SMILES string of the molecule is COCCn1cncc1CN1CCCn2nc(C(O)CN(C)C)cc2C1. The van der Waals surface area contributed by atoms with Crippen LogP contribution in [0.4, 0.5) is 0 Å². The largest absolute Gasteiger partial charge is 0.385 e. The van der Waals surface area contributed by atoms with Crippen molar-refractivity contribution in [3.8, 4) is 0 Å². The molecule has 0 radical (unpaired) electrons. The number of aliphatic hydroxyl groups is 1. The van der Waals surface area contributed by atoms with Gasteiger partial charge in [0.1, 0.15) is 6.10 Å². The Morgan fingerprint density at radius 1 is 1.35 bits per heavy atom. The summed E-state index contributed by atoms with van der Waals surface area (Å²) < 4.78 is 9.38. The van der Waals surface area contributed by atoms with Gasteiger partial charge in [0.05, 0.1) is 30.0 Å². The van der Waals surface area contributed by atoms with Gasteiger partial charge in [0, 0.05) is 52.6 Å². The fourth-order valence-corrected chi connectivity index (χ4v) is 3.39. The summed E-state index contributed by atoms with van der Waals surface area (Å²) in [6.45, 7) is 5.68. The highest BCUT2D eigenvalue weighted by Crippen LogP contribution is 2.20. The minimum absolute atomic E-state index is 0.548. The molecule has 0 fully saturated rings. The lowest BCUT2D eigenvalue weighted by atomic mass is 10.2. The molecule has 1 aliphatic heterocycles. The summed E-state index contributed by atoms with van der Waals surface area (Å²) >= 11 is 0. The molecular formula is C18H30N6O2. The van der Waals surface area contributed by atoms with Gasteiger partial charge in [0.15, 0.2) is 0 Å². The average Bonchev–Trinajstić information content (AvgIpc) is 3.15. The number of aliphatic hydroxyl groups excluding tert-OH is 1. The Morgan fingerprint density at radius 2 is 2.19 bits per heavy atom. The smallest absolute Gasteiger partial charge is 0.110 e. The molecule has 26 heavy (non-hydrogen) atoms. The van der Waals surface area contributed by atoms with E-state index in [2.05, 4.69) is 30.3 Å². The number of imidazole rings is 1. The van der Waals surface area contributed by atoms with Gasteiger partial charge in [-0.15, -0.1) is 0 Å². The predicted octanol–water partition coefficient (Wildman–Crippen LogP) is 0.727. The number of aryl methyl sites for hydroxylation is 1. The van der Waals surface area contributed by atoms with Crippen molar-refractivity contribution in [3.05, 3.63) is 35.7 Å². The molecule has 3 rings (SSSR count). The molecule has 1 aliphatic rings. The highest BCUT2D eigenvalue weighted by atomic mass is 16.5. The molecule has 3 heterocycles. The van der Waals surface area contributed by atoms with Crippen LogP contribution in [0.1, 0.15) is 29.6 Å². The number of hydrogen-bond acceptors (Lipinski definition) is 6. The lowest BCUT2D eigenvalue weighted by Crippen LogP contribution is -2.24. The molecule has 1 atom stereocenters. The molecule has 2 aromatic rings. The Hall–Kier alpha value is -1.74. The summed E-state index contributed by atoms with van der Waals surface area (Å²) in [6.07, 6.45) is 4.30. The van der Waals surface area contributed by atoms with Gasteiger partial charge >= 0.3 is 0 Å². The fraction of sp³-hybridized carbons (Fsp3) is 0.667. The Bertz CT molecular complexity index is 696. The minimum atomic E-state index is -0.548. The van der Waals surface area contributed by atoms with Crippen molar-refractivity contribution in [2.45, 2.75) is 38.7 Å². The Balaban J connectivity index is 1.68. The quantitative estimate of drug-likeness (QED) is 0.746. The summed E-state index contributed by atoms with van der Waals surface area (Å²) in [6, 6.07) is 2.05. The van der Waals surface area contributed by atoms with Gasteiger partial charge in [-0.05, 0) is 26.6 Å². The zero-order valence-corrected chi connectivity index (χ0v) is 16.0. The lowest BCUT2D eigenvalue weighted by Gasteiger charge is -2.20. The van der Waals surface area contributed by atoms with E-state index in [0.717, 1.165) is 44.8 Å². The normalized spacial score (nSPS) is 16.7. The van der Waals surface area contributed by atoms with Crippen molar-refractivity contribution < 1.29 is 9.84 Å². The van der Waals surface area contributed by atoms with E-state index in [1.807, 2.05) is 31.5 Å². The topological polar surface area (TPSA) is 71.6 Å². The number of hydrogen-bond donors (Lipinski definition) is 1. The summed E-state index contributed by atoms with van der Waals surface area (Å²) in [4.78, 5) is 8.68. The van der Waals surface area contributed by atoms with E-state index in [-0.39, 0.29) is 0 Å². The van der Waals surface area contributed by atoms with Crippen LogP contribution in [0.3, 0.4) is 0 Å². The van der Waals surface area contributed by atoms with Gasteiger partial charge in [-0.1, -0.05) is 0 Å². The Kier molecular flexibility index (Phi) is 6.42. The molecule has 0 amide bonds. The van der Waals surface area contributed by atoms with Crippen LogP contribution in [0.25, 0.3) is 0 Å². The maximum absolute atomic E-state index is 10.3. The van der Waals surface area contributed by atoms with Crippen LogP contribution in [0.5, 0.6) is 0 Å². The van der Waals surface area contributed by atoms with E-state index in [9.17, 15) is 5.11 Å². The third kappa shape index (κ3) is 4.70. The molecule has 144 valence electrons. The van der Waals surface area contributed by atoms with Gasteiger partial charge < -0.3 is 19.3 Å². The maximum atomic E-state index is 10.3. The second kappa shape index (κ2) is 8.77. The zero-order chi connectivity index (χ0) is 18.5. The molecule has 0 bridgehead atoms. The monoisotopic (exact) mass is 362 g/mol. The van der Waals surface area contributed by atoms with E-state index in [1.165, 1.54) is 11.4 Å². The molecule has 8 heteroatoms. The summed E-state index contributed by atoms with van der Waals surface area (Å²) in [5.74, 6) is 0. The molecule has 0 saturated carbocycles. The van der Waals surface area contributed by atoms with E-state index in [0.29, 0.717) is 13.2 Å². The number of aromatic nitrogens is 4. The van der Waals surface area contributed by atoms with Crippen molar-refractivity contribution in [1.29, 1.82) is 0 Å². The van der Waals surface area contributed by atoms with Crippen LogP contribution in [0.15, 0.2) is 18.6 Å². The van der Waals surface area contributed by atoms with Crippen LogP contribution >= 0.6 is 0 Å². The summed E-state index contributed by atoms with van der Waals surface area (Å²) in [5, 5.41) is 15.0.